The van der Waals surface area contributed by atoms with Gasteiger partial charge in [0.2, 0.25) is 22.9 Å². The number of para-hydroxylation sites is 1. The standard InChI is InChI=1S/C22H28N6O3S2/c1-15(2)23-18(29)14-32-22-25-24-21(33-22)27-10-8-26(9-11-27)20(31)16-12-19(30)28(13-16)17-6-4-3-5-7-17/h3-7,15-16H,8-14H2,1-2H3,(H,23,29). The van der Waals surface area contributed by atoms with Crippen molar-refractivity contribution in [2.75, 3.05) is 48.3 Å². The van der Waals surface area contributed by atoms with Crippen molar-refractivity contribution >= 4 is 51.6 Å². The van der Waals surface area contributed by atoms with Gasteiger partial charge in [-0.3, -0.25) is 14.4 Å². The van der Waals surface area contributed by atoms with E-state index in [-0.39, 0.29) is 36.1 Å². The number of nitrogens with zero attached hydrogens (tertiary/aromatic N) is 5. The number of rotatable bonds is 7. The largest absolute Gasteiger partial charge is 0.353 e. The van der Waals surface area contributed by atoms with Gasteiger partial charge in [-0.1, -0.05) is 41.3 Å². The lowest BCUT2D eigenvalue weighted by atomic mass is 10.1. The van der Waals surface area contributed by atoms with Crippen LogP contribution in [0.25, 0.3) is 0 Å². The van der Waals surface area contributed by atoms with Crippen molar-refractivity contribution < 1.29 is 14.4 Å². The summed E-state index contributed by atoms with van der Waals surface area (Å²) in [5, 5.41) is 12.1. The second-order valence-electron chi connectivity index (χ2n) is 8.41. The zero-order chi connectivity index (χ0) is 23.4. The number of thioether (sulfide) groups is 1. The van der Waals surface area contributed by atoms with Crippen LogP contribution in [0.5, 0.6) is 0 Å². The fraction of sp³-hybridized carbons (Fsp3) is 0.500. The molecule has 1 N–H and O–H groups in total. The first kappa shape index (κ1) is 23.5. The molecular weight excluding hydrogens is 460 g/mol. The molecule has 0 saturated carbocycles. The van der Waals surface area contributed by atoms with Crippen molar-refractivity contribution in [3.05, 3.63) is 30.3 Å². The minimum atomic E-state index is -0.300. The molecule has 2 aliphatic heterocycles. The summed E-state index contributed by atoms with van der Waals surface area (Å²) in [7, 11) is 0. The molecule has 9 nitrogen and oxygen atoms in total. The number of benzene rings is 1. The summed E-state index contributed by atoms with van der Waals surface area (Å²) in [5.41, 5.74) is 0.842. The van der Waals surface area contributed by atoms with E-state index in [9.17, 15) is 14.4 Å². The average molecular weight is 489 g/mol. The molecule has 2 fully saturated rings. The maximum absolute atomic E-state index is 13.1. The molecule has 0 aliphatic carbocycles. The topological polar surface area (TPSA) is 98.7 Å². The van der Waals surface area contributed by atoms with Gasteiger partial charge in [-0.25, -0.2) is 0 Å². The van der Waals surface area contributed by atoms with Crippen LogP contribution in [0, 0.1) is 5.92 Å². The number of nitrogens with one attached hydrogen (secondary N) is 1. The highest BCUT2D eigenvalue weighted by Crippen LogP contribution is 2.30. The molecule has 0 bridgehead atoms. The summed E-state index contributed by atoms with van der Waals surface area (Å²) in [6.45, 7) is 6.81. The van der Waals surface area contributed by atoms with Gasteiger partial charge in [0.1, 0.15) is 0 Å². The van der Waals surface area contributed by atoms with Gasteiger partial charge in [-0.05, 0) is 26.0 Å². The summed E-state index contributed by atoms with van der Waals surface area (Å²) in [4.78, 5) is 43.0. The number of carbonyl (C=O) groups excluding carboxylic acids is 3. The first-order valence-corrected chi connectivity index (χ1v) is 12.9. The van der Waals surface area contributed by atoms with Crippen LogP contribution in [0.1, 0.15) is 20.3 Å². The molecule has 1 atom stereocenters. The Kier molecular flexibility index (Phi) is 7.49. The second-order valence-corrected chi connectivity index (χ2v) is 10.6. The molecule has 2 aliphatic rings. The van der Waals surface area contributed by atoms with Gasteiger partial charge in [0.15, 0.2) is 4.34 Å². The lowest BCUT2D eigenvalue weighted by Crippen LogP contribution is -2.50. The van der Waals surface area contributed by atoms with Gasteiger partial charge in [0, 0.05) is 50.9 Å². The van der Waals surface area contributed by atoms with Crippen molar-refractivity contribution in [3.8, 4) is 0 Å². The highest BCUT2D eigenvalue weighted by molar-refractivity contribution is 8.01. The third-order valence-corrected chi connectivity index (χ3v) is 7.69. The summed E-state index contributed by atoms with van der Waals surface area (Å²) >= 11 is 2.85. The monoisotopic (exact) mass is 488 g/mol. The summed E-state index contributed by atoms with van der Waals surface area (Å²) in [5.74, 6) is 0.0426. The van der Waals surface area contributed by atoms with Crippen LogP contribution in [0.3, 0.4) is 0 Å². The molecule has 0 spiro atoms. The Hall–Kier alpha value is -2.66. The Labute approximate surface area is 201 Å². The Morgan fingerprint density at radius 1 is 1.15 bits per heavy atom. The zero-order valence-corrected chi connectivity index (χ0v) is 20.4. The smallest absolute Gasteiger partial charge is 0.230 e. The number of hydrogen-bond donors (Lipinski definition) is 1. The zero-order valence-electron chi connectivity index (χ0n) is 18.8. The van der Waals surface area contributed by atoms with Crippen molar-refractivity contribution in [1.29, 1.82) is 0 Å². The van der Waals surface area contributed by atoms with Crippen LogP contribution in [0.15, 0.2) is 34.7 Å². The number of anilines is 2. The van der Waals surface area contributed by atoms with Crippen LogP contribution in [-0.2, 0) is 14.4 Å². The molecule has 0 radical (unpaired) electrons. The van der Waals surface area contributed by atoms with Crippen LogP contribution in [0.4, 0.5) is 10.8 Å². The van der Waals surface area contributed by atoms with Gasteiger partial charge in [0.05, 0.1) is 11.7 Å². The molecular formula is C22H28N6O3S2. The van der Waals surface area contributed by atoms with E-state index in [4.69, 9.17) is 0 Å². The van der Waals surface area contributed by atoms with Gasteiger partial charge in [-0.15, -0.1) is 10.2 Å². The molecule has 3 heterocycles. The van der Waals surface area contributed by atoms with Gasteiger partial charge >= 0.3 is 0 Å². The van der Waals surface area contributed by atoms with E-state index in [2.05, 4.69) is 20.4 Å². The normalized spacial score (nSPS) is 18.8. The van der Waals surface area contributed by atoms with E-state index in [1.807, 2.05) is 49.1 Å². The molecule has 1 unspecified atom stereocenters. The molecule has 11 heteroatoms. The highest BCUT2D eigenvalue weighted by Gasteiger charge is 2.38. The van der Waals surface area contributed by atoms with Gasteiger partial charge in [0.25, 0.3) is 0 Å². The maximum Gasteiger partial charge on any atom is 0.230 e. The van der Waals surface area contributed by atoms with Crippen LogP contribution < -0.4 is 15.1 Å². The summed E-state index contributed by atoms with van der Waals surface area (Å²) in [6.07, 6.45) is 0.259. The minimum absolute atomic E-state index is 0.000786. The fourth-order valence-corrected chi connectivity index (χ4v) is 5.69. The lowest BCUT2D eigenvalue weighted by molar-refractivity contribution is -0.136. The van der Waals surface area contributed by atoms with Gasteiger partial charge in [-0.2, -0.15) is 0 Å². The van der Waals surface area contributed by atoms with E-state index in [1.165, 1.54) is 23.1 Å². The molecule has 176 valence electrons. The van der Waals surface area contributed by atoms with Crippen LogP contribution in [0.2, 0.25) is 0 Å². The minimum Gasteiger partial charge on any atom is -0.353 e. The van der Waals surface area contributed by atoms with E-state index >= 15 is 0 Å². The molecule has 33 heavy (non-hydrogen) atoms. The van der Waals surface area contributed by atoms with Crippen molar-refractivity contribution in [2.24, 2.45) is 5.92 Å². The molecule has 2 aromatic rings. The number of hydrogen-bond acceptors (Lipinski definition) is 8. The third-order valence-electron chi connectivity index (χ3n) is 5.58. The molecule has 4 rings (SSSR count). The van der Waals surface area contributed by atoms with E-state index in [1.54, 1.807) is 4.90 Å². The first-order chi connectivity index (χ1) is 15.9. The number of carbonyl (C=O) groups is 3. The summed E-state index contributed by atoms with van der Waals surface area (Å²) in [6, 6.07) is 9.62. The number of amides is 3. The molecule has 1 aromatic carbocycles. The maximum atomic E-state index is 13.1. The highest BCUT2D eigenvalue weighted by atomic mass is 32.2. The van der Waals surface area contributed by atoms with Crippen molar-refractivity contribution in [1.82, 2.24) is 20.4 Å². The quantitative estimate of drug-likeness (QED) is 0.594. The fourth-order valence-electron chi connectivity index (χ4n) is 3.99. The second kappa shape index (κ2) is 10.5. The van der Waals surface area contributed by atoms with Crippen molar-refractivity contribution in [3.63, 3.8) is 0 Å². The molecule has 1 aromatic heterocycles. The van der Waals surface area contributed by atoms with E-state index in [0.717, 1.165) is 15.2 Å². The van der Waals surface area contributed by atoms with Crippen LogP contribution in [-0.4, -0.2) is 77.3 Å². The third kappa shape index (κ3) is 5.83. The predicted octanol–water partition coefficient (Wildman–Crippen LogP) is 1.86. The SMILES string of the molecule is CC(C)NC(=O)CSc1nnc(N2CCN(C(=O)C3CC(=O)N(c4ccccc4)C3)CC2)s1. The van der Waals surface area contributed by atoms with Gasteiger partial charge < -0.3 is 20.0 Å². The Morgan fingerprint density at radius 3 is 2.58 bits per heavy atom. The molecule has 2 saturated heterocycles. The molecule has 3 amide bonds. The Morgan fingerprint density at radius 2 is 1.88 bits per heavy atom. The first-order valence-electron chi connectivity index (χ1n) is 11.1. The lowest BCUT2D eigenvalue weighted by Gasteiger charge is -2.35. The summed E-state index contributed by atoms with van der Waals surface area (Å²) < 4.78 is 0.757. The Balaban J connectivity index is 1.26. The van der Waals surface area contributed by atoms with E-state index in [0.29, 0.717) is 38.5 Å². The predicted molar refractivity (Wildman–Crippen MR) is 130 cm³/mol. The Bertz CT molecular complexity index is 991. The number of aromatic nitrogens is 2. The van der Waals surface area contributed by atoms with Crippen LogP contribution >= 0.6 is 23.1 Å². The van der Waals surface area contributed by atoms with E-state index < -0.39 is 0 Å². The van der Waals surface area contributed by atoms with Crippen molar-refractivity contribution in [2.45, 2.75) is 30.6 Å². The number of piperazine rings is 1. The average Bonchev–Trinajstić information content (AvgIpc) is 3.44.